The van der Waals surface area contributed by atoms with Gasteiger partial charge in [-0.25, -0.2) is 12.7 Å². The maximum Gasteiger partial charge on any atom is 0.269 e. The second kappa shape index (κ2) is 7.02. The Bertz CT molecular complexity index is 1330. The van der Waals surface area contributed by atoms with Gasteiger partial charge in [0.1, 0.15) is 4.90 Å². The highest BCUT2D eigenvalue weighted by Gasteiger charge is 2.40. The molecule has 0 aliphatic carbocycles. The lowest BCUT2D eigenvalue weighted by Gasteiger charge is -2.27. The van der Waals surface area contributed by atoms with E-state index in [-0.39, 0.29) is 35.4 Å². The van der Waals surface area contributed by atoms with E-state index < -0.39 is 15.9 Å². The van der Waals surface area contributed by atoms with Gasteiger partial charge in [0.25, 0.3) is 27.7 Å². The molecular formula is C23H18N2O5S. The number of carbonyl (C=O) groups is 3. The molecule has 0 aromatic heterocycles. The van der Waals surface area contributed by atoms with Crippen molar-refractivity contribution in [1.82, 2.24) is 9.21 Å². The lowest BCUT2D eigenvalue weighted by Crippen LogP contribution is -2.41. The Labute approximate surface area is 178 Å². The van der Waals surface area contributed by atoms with Crippen LogP contribution in [0.25, 0.3) is 10.8 Å². The Morgan fingerprint density at radius 2 is 1.23 bits per heavy atom. The molecule has 3 amide bonds. The smallest absolute Gasteiger partial charge is 0.269 e. The van der Waals surface area contributed by atoms with Crippen molar-refractivity contribution in [2.75, 3.05) is 13.1 Å². The van der Waals surface area contributed by atoms with Gasteiger partial charge in [-0.3, -0.25) is 19.3 Å². The van der Waals surface area contributed by atoms with Crippen molar-refractivity contribution in [1.29, 1.82) is 0 Å². The van der Waals surface area contributed by atoms with E-state index in [4.69, 9.17) is 0 Å². The monoisotopic (exact) mass is 434 g/mol. The van der Waals surface area contributed by atoms with Crippen molar-refractivity contribution < 1.29 is 22.8 Å². The Morgan fingerprint density at radius 3 is 1.87 bits per heavy atom. The second-order valence-corrected chi connectivity index (χ2v) is 9.39. The van der Waals surface area contributed by atoms with Crippen LogP contribution in [0.5, 0.6) is 0 Å². The zero-order valence-electron chi connectivity index (χ0n) is 16.4. The molecular weight excluding hydrogens is 416 g/mol. The van der Waals surface area contributed by atoms with E-state index in [0.717, 1.165) is 9.69 Å². The molecule has 2 aliphatic rings. The number of rotatable bonds is 5. The van der Waals surface area contributed by atoms with Crippen LogP contribution in [0.2, 0.25) is 0 Å². The highest BCUT2D eigenvalue weighted by molar-refractivity contribution is 7.90. The number of nitrogens with zero attached hydrogens (tertiary/aromatic N) is 2. The standard InChI is InChI=1S/C23H18N2O5S/c26-21-17-10-5-7-15-8-6-11-18(20(15)17)22(27)24(21)13-3-4-14-25-23(28)16-9-1-2-12-19(16)31(25,29)30/h1-2,5-12H,3-4,13-14H2. The summed E-state index contributed by atoms with van der Waals surface area (Å²) in [6.45, 7) is 0.148. The molecule has 0 bridgehead atoms. The molecule has 5 rings (SSSR count). The summed E-state index contributed by atoms with van der Waals surface area (Å²) in [5.41, 5.74) is 1.15. The number of hydrogen-bond donors (Lipinski definition) is 0. The Balaban J connectivity index is 1.29. The molecule has 156 valence electrons. The average Bonchev–Trinajstić information content (AvgIpc) is 2.97. The predicted molar refractivity (Wildman–Crippen MR) is 113 cm³/mol. The normalized spacial score (nSPS) is 16.8. The van der Waals surface area contributed by atoms with Gasteiger partial charge in [-0.1, -0.05) is 36.4 Å². The molecule has 31 heavy (non-hydrogen) atoms. The fraction of sp³-hybridized carbons (Fsp3) is 0.174. The highest BCUT2D eigenvalue weighted by Crippen LogP contribution is 2.31. The van der Waals surface area contributed by atoms with E-state index in [9.17, 15) is 22.8 Å². The topological polar surface area (TPSA) is 91.8 Å². The van der Waals surface area contributed by atoms with Crippen molar-refractivity contribution in [2.45, 2.75) is 17.7 Å². The first kappa shape index (κ1) is 19.4. The molecule has 2 aliphatic heterocycles. The summed E-state index contributed by atoms with van der Waals surface area (Å²) in [5, 5.41) is 1.51. The van der Waals surface area contributed by atoms with Gasteiger partial charge in [-0.2, -0.15) is 0 Å². The summed E-state index contributed by atoms with van der Waals surface area (Å²) in [7, 11) is -3.85. The van der Waals surface area contributed by atoms with Crippen LogP contribution >= 0.6 is 0 Å². The van der Waals surface area contributed by atoms with Gasteiger partial charge in [0, 0.05) is 29.6 Å². The van der Waals surface area contributed by atoms with Crippen molar-refractivity contribution >= 4 is 38.5 Å². The Kier molecular flexibility index (Phi) is 4.40. The fourth-order valence-corrected chi connectivity index (χ4v) is 5.87. The van der Waals surface area contributed by atoms with Crippen LogP contribution in [-0.2, 0) is 10.0 Å². The van der Waals surface area contributed by atoms with Crippen LogP contribution in [0.15, 0.2) is 65.6 Å². The number of imide groups is 1. The number of fused-ring (bicyclic) bond motifs is 1. The molecule has 8 heteroatoms. The number of amides is 3. The lowest BCUT2D eigenvalue weighted by molar-refractivity contribution is 0.0605. The summed E-state index contributed by atoms with van der Waals surface area (Å²) in [6, 6.07) is 16.9. The molecule has 0 spiro atoms. The fourth-order valence-electron chi connectivity index (χ4n) is 4.26. The maximum atomic E-state index is 12.9. The molecule has 0 saturated carbocycles. The van der Waals surface area contributed by atoms with E-state index in [1.54, 1.807) is 36.4 Å². The first-order valence-corrected chi connectivity index (χ1v) is 11.4. The molecule has 3 aromatic rings. The summed E-state index contributed by atoms with van der Waals surface area (Å²) in [6.07, 6.45) is 0.715. The van der Waals surface area contributed by atoms with Gasteiger partial charge in [0.05, 0.1) is 5.56 Å². The summed E-state index contributed by atoms with van der Waals surface area (Å²) >= 11 is 0. The lowest BCUT2D eigenvalue weighted by atomic mass is 9.94. The zero-order chi connectivity index (χ0) is 21.8. The van der Waals surface area contributed by atoms with Crippen LogP contribution < -0.4 is 0 Å². The van der Waals surface area contributed by atoms with Crippen molar-refractivity contribution in [2.24, 2.45) is 0 Å². The van der Waals surface area contributed by atoms with Gasteiger partial charge >= 0.3 is 0 Å². The first-order chi connectivity index (χ1) is 14.9. The van der Waals surface area contributed by atoms with E-state index in [1.807, 2.05) is 12.1 Å². The second-order valence-electron chi connectivity index (χ2n) is 7.56. The predicted octanol–water partition coefficient (Wildman–Crippen LogP) is 3.06. The van der Waals surface area contributed by atoms with Gasteiger partial charge in [0.2, 0.25) is 0 Å². The van der Waals surface area contributed by atoms with Crippen molar-refractivity contribution in [3.05, 3.63) is 77.4 Å². The number of benzene rings is 3. The molecule has 0 saturated heterocycles. The van der Waals surface area contributed by atoms with E-state index in [2.05, 4.69) is 0 Å². The average molecular weight is 434 g/mol. The quantitative estimate of drug-likeness (QED) is 0.455. The third-order valence-corrected chi connectivity index (χ3v) is 7.60. The number of hydrogen-bond acceptors (Lipinski definition) is 5. The molecule has 3 aromatic carbocycles. The summed E-state index contributed by atoms with van der Waals surface area (Å²) < 4.78 is 26.1. The third kappa shape index (κ3) is 2.86. The van der Waals surface area contributed by atoms with Gasteiger partial charge in [0.15, 0.2) is 0 Å². The number of carbonyl (C=O) groups excluding carboxylic acids is 3. The minimum absolute atomic E-state index is 0.00175. The van der Waals surface area contributed by atoms with Crippen LogP contribution in [0.3, 0.4) is 0 Å². The van der Waals surface area contributed by atoms with Crippen LogP contribution in [-0.4, -0.2) is 48.4 Å². The molecule has 0 fully saturated rings. The third-order valence-electron chi connectivity index (χ3n) is 5.76. The van der Waals surface area contributed by atoms with Gasteiger partial charge < -0.3 is 0 Å². The Hall–Kier alpha value is -3.52. The highest BCUT2D eigenvalue weighted by atomic mass is 32.2. The van der Waals surface area contributed by atoms with E-state index in [1.165, 1.54) is 17.0 Å². The van der Waals surface area contributed by atoms with Crippen molar-refractivity contribution in [3.63, 3.8) is 0 Å². The molecule has 2 heterocycles. The zero-order valence-corrected chi connectivity index (χ0v) is 17.3. The largest absolute Gasteiger partial charge is 0.274 e. The van der Waals surface area contributed by atoms with Crippen LogP contribution in [0.4, 0.5) is 0 Å². The molecule has 0 unspecified atom stereocenters. The van der Waals surface area contributed by atoms with Gasteiger partial charge in [-0.05, 0) is 42.5 Å². The van der Waals surface area contributed by atoms with E-state index >= 15 is 0 Å². The molecule has 7 nitrogen and oxygen atoms in total. The SMILES string of the molecule is O=C1c2cccc3cccc(c23)C(=O)N1CCCCN1C(=O)c2ccccc2S1(=O)=O. The Morgan fingerprint density at radius 1 is 0.645 bits per heavy atom. The molecule has 0 radical (unpaired) electrons. The summed E-state index contributed by atoms with van der Waals surface area (Å²) in [5.74, 6) is -1.25. The maximum absolute atomic E-state index is 12.9. The summed E-state index contributed by atoms with van der Waals surface area (Å²) in [4.78, 5) is 39.5. The van der Waals surface area contributed by atoms with Gasteiger partial charge in [-0.15, -0.1) is 0 Å². The van der Waals surface area contributed by atoms with Crippen LogP contribution in [0, 0.1) is 0 Å². The van der Waals surface area contributed by atoms with E-state index in [0.29, 0.717) is 29.4 Å². The number of unbranched alkanes of at least 4 members (excludes halogenated alkanes) is 1. The van der Waals surface area contributed by atoms with Crippen LogP contribution in [0.1, 0.15) is 43.9 Å². The minimum atomic E-state index is -3.85. The van der Waals surface area contributed by atoms with Crippen molar-refractivity contribution in [3.8, 4) is 0 Å². The molecule has 0 atom stereocenters. The minimum Gasteiger partial charge on any atom is -0.274 e. The number of sulfonamides is 1. The molecule has 0 N–H and O–H groups in total. The first-order valence-electron chi connectivity index (χ1n) is 9.95.